The molecule has 0 radical (unpaired) electrons. The van der Waals surface area contributed by atoms with E-state index >= 15 is 0 Å². The van der Waals surface area contributed by atoms with Gasteiger partial charge in [-0.15, -0.1) is 0 Å². The van der Waals surface area contributed by atoms with E-state index in [2.05, 4.69) is 5.32 Å². The Morgan fingerprint density at radius 3 is 2.38 bits per heavy atom. The quantitative estimate of drug-likeness (QED) is 0.824. The highest BCUT2D eigenvalue weighted by Gasteiger charge is 2.18. The topological polar surface area (TPSA) is 75.6 Å². The zero-order valence-electron chi connectivity index (χ0n) is 11.5. The number of hydrogen-bond acceptors (Lipinski definition) is 4. The first-order valence-electron chi connectivity index (χ1n) is 6.48. The molecule has 0 heterocycles. The lowest BCUT2D eigenvalue weighted by Gasteiger charge is -2.10. The van der Waals surface area contributed by atoms with E-state index in [-0.39, 0.29) is 17.7 Å². The van der Waals surface area contributed by atoms with Gasteiger partial charge >= 0.3 is 11.9 Å². The molecule has 0 saturated carbocycles. The van der Waals surface area contributed by atoms with Crippen LogP contribution in [0, 0.1) is 0 Å². The second kappa shape index (κ2) is 6.56. The largest absolute Gasteiger partial charge is 0.478 e. The van der Waals surface area contributed by atoms with Gasteiger partial charge in [-0.2, -0.15) is 0 Å². The molecule has 0 spiro atoms. The Balaban J connectivity index is 2.32. The average Bonchev–Trinajstić information content (AvgIpc) is 2.48. The van der Waals surface area contributed by atoms with Crippen LogP contribution in [-0.2, 0) is 4.74 Å². The number of esters is 1. The molecule has 0 fully saturated rings. The second-order valence-electron chi connectivity index (χ2n) is 4.28. The van der Waals surface area contributed by atoms with Crippen LogP contribution in [0.1, 0.15) is 27.6 Å². The normalized spacial score (nSPS) is 9.95. The molecule has 108 valence electrons. The Kier molecular flexibility index (Phi) is 4.56. The number of benzene rings is 2. The smallest absolute Gasteiger partial charge is 0.338 e. The molecule has 0 amide bonds. The summed E-state index contributed by atoms with van der Waals surface area (Å²) in [5, 5.41) is 12.3. The summed E-state index contributed by atoms with van der Waals surface area (Å²) in [6, 6.07) is 13.9. The molecule has 2 aromatic carbocycles. The highest BCUT2D eigenvalue weighted by atomic mass is 16.5. The molecule has 2 aromatic rings. The zero-order valence-corrected chi connectivity index (χ0v) is 11.5. The van der Waals surface area contributed by atoms with E-state index in [4.69, 9.17) is 4.74 Å². The highest BCUT2D eigenvalue weighted by Crippen LogP contribution is 2.21. The van der Waals surface area contributed by atoms with Crippen LogP contribution in [-0.4, -0.2) is 23.7 Å². The standard InChI is InChI=1S/C16H15NO4/c1-2-21-16(20)13-9-8-12(10-14(13)15(18)19)17-11-6-4-3-5-7-11/h3-10,17H,2H2,1H3,(H,18,19). The fourth-order valence-electron chi connectivity index (χ4n) is 1.87. The molecule has 5 nitrogen and oxygen atoms in total. The van der Waals surface area contributed by atoms with Crippen LogP contribution in [0.15, 0.2) is 48.5 Å². The summed E-state index contributed by atoms with van der Waals surface area (Å²) in [6.45, 7) is 1.87. The van der Waals surface area contributed by atoms with E-state index in [1.54, 1.807) is 13.0 Å². The number of ether oxygens (including phenoxy) is 1. The van der Waals surface area contributed by atoms with Gasteiger partial charge in [0.05, 0.1) is 17.7 Å². The Morgan fingerprint density at radius 1 is 1.05 bits per heavy atom. The molecule has 21 heavy (non-hydrogen) atoms. The molecular weight excluding hydrogens is 270 g/mol. The molecular formula is C16H15NO4. The van der Waals surface area contributed by atoms with E-state index in [1.165, 1.54) is 12.1 Å². The van der Waals surface area contributed by atoms with Crippen molar-refractivity contribution in [1.82, 2.24) is 0 Å². The van der Waals surface area contributed by atoms with Gasteiger partial charge in [0, 0.05) is 11.4 Å². The minimum absolute atomic E-state index is 0.0444. The third kappa shape index (κ3) is 3.60. The summed E-state index contributed by atoms with van der Waals surface area (Å²) in [5.74, 6) is -1.81. The lowest BCUT2D eigenvalue weighted by Crippen LogP contribution is -2.12. The van der Waals surface area contributed by atoms with E-state index in [9.17, 15) is 14.7 Å². The zero-order chi connectivity index (χ0) is 15.2. The van der Waals surface area contributed by atoms with E-state index < -0.39 is 11.9 Å². The molecule has 0 aliphatic heterocycles. The first-order chi connectivity index (χ1) is 10.1. The van der Waals surface area contributed by atoms with Crippen molar-refractivity contribution in [2.45, 2.75) is 6.92 Å². The molecule has 0 unspecified atom stereocenters. The average molecular weight is 285 g/mol. The molecule has 0 saturated heterocycles. The lowest BCUT2D eigenvalue weighted by molar-refractivity contribution is 0.0514. The van der Waals surface area contributed by atoms with E-state index in [0.717, 1.165) is 5.69 Å². The van der Waals surface area contributed by atoms with Gasteiger partial charge < -0.3 is 15.2 Å². The van der Waals surface area contributed by atoms with Gasteiger partial charge in [-0.25, -0.2) is 9.59 Å². The van der Waals surface area contributed by atoms with Crippen molar-refractivity contribution in [3.63, 3.8) is 0 Å². The Labute approximate surface area is 122 Å². The van der Waals surface area contributed by atoms with Crippen molar-refractivity contribution in [2.24, 2.45) is 0 Å². The molecule has 0 aromatic heterocycles. The first-order valence-corrected chi connectivity index (χ1v) is 6.48. The molecule has 0 aliphatic rings. The van der Waals surface area contributed by atoms with Crippen LogP contribution in [0.3, 0.4) is 0 Å². The second-order valence-corrected chi connectivity index (χ2v) is 4.28. The number of carboxylic acids is 1. The number of hydrogen-bond donors (Lipinski definition) is 2. The van der Waals surface area contributed by atoms with Crippen LogP contribution in [0.4, 0.5) is 11.4 Å². The summed E-state index contributed by atoms with van der Waals surface area (Å²) in [7, 11) is 0. The molecule has 2 rings (SSSR count). The van der Waals surface area contributed by atoms with Gasteiger partial charge in [0.1, 0.15) is 0 Å². The maximum atomic E-state index is 11.7. The fourth-order valence-corrected chi connectivity index (χ4v) is 1.87. The summed E-state index contributed by atoms with van der Waals surface area (Å²) >= 11 is 0. The van der Waals surface area contributed by atoms with Crippen molar-refractivity contribution in [3.8, 4) is 0 Å². The van der Waals surface area contributed by atoms with Gasteiger partial charge in [0.25, 0.3) is 0 Å². The van der Waals surface area contributed by atoms with Gasteiger partial charge in [-0.1, -0.05) is 18.2 Å². The summed E-state index contributed by atoms with van der Waals surface area (Å²) in [6.07, 6.45) is 0. The Hall–Kier alpha value is -2.82. The monoisotopic (exact) mass is 285 g/mol. The third-order valence-corrected chi connectivity index (χ3v) is 2.81. The Morgan fingerprint density at radius 2 is 1.76 bits per heavy atom. The van der Waals surface area contributed by atoms with Crippen LogP contribution < -0.4 is 5.32 Å². The van der Waals surface area contributed by atoms with Gasteiger partial charge in [0.2, 0.25) is 0 Å². The van der Waals surface area contributed by atoms with Crippen molar-refractivity contribution >= 4 is 23.3 Å². The fraction of sp³-hybridized carbons (Fsp3) is 0.125. The highest BCUT2D eigenvalue weighted by molar-refractivity contribution is 6.03. The predicted octanol–water partition coefficient (Wildman–Crippen LogP) is 3.31. The van der Waals surface area contributed by atoms with Crippen molar-refractivity contribution < 1.29 is 19.4 Å². The van der Waals surface area contributed by atoms with E-state index in [1.807, 2.05) is 30.3 Å². The minimum atomic E-state index is -1.17. The summed E-state index contributed by atoms with van der Waals surface area (Å²) < 4.78 is 4.85. The summed E-state index contributed by atoms with van der Waals surface area (Å²) in [5.41, 5.74) is 1.38. The van der Waals surface area contributed by atoms with Gasteiger partial charge in [-0.3, -0.25) is 0 Å². The van der Waals surface area contributed by atoms with Crippen LogP contribution in [0.2, 0.25) is 0 Å². The molecule has 5 heteroatoms. The van der Waals surface area contributed by atoms with Gasteiger partial charge in [0.15, 0.2) is 0 Å². The number of rotatable bonds is 5. The van der Waals surface area contributed by atoms with Crippen LogP contribution >= 0.6 is 0 Å². The van der Waals surface area contributed by atoms with Crippen LogP contribution in [0.5, 0.6) is 0 Å². The number of para-hydroxylation sites is 1. The lowest BCUT2D eigenvalue weighted by atomic mass is 10.1. The summed E-state index contributed by atoms with van der Waals surface area (Å²) in [4.78, 5) is 23.0. The van der Waals surface area contributed by atoms with Gasteiger partial charge in [-0.05, 0) is 37.3 Å². The number of nitrogens with one attached hydrogen (secondary N) is 1. The number of carboxylic acid groups (broad SMARTS) is 1. The first kappa shape index (κ1) is 14.6. The number of carbonyl (C=O) groups is 2. The third-order valence-electron chi connectivity index (χ3n) is 2.81. The number of anilines is 2. The maximum absolute atomic E-state index is 11.7. The number of carbonyl (C=O) groups excluding carboxylic acids is 1. The molecule has 2 N–H and O–H groups in total. The Bertz CT molecular complexity index is 653. The molecule has 0 aliphatic carbocycles. The van der Waals surface area contributed by atoms with Crippen LogP contribution in [0.25, 0.3) is 0 Å². The predicted molar refractivity (Wildman–Crippen MR) is 79.1 cm³/mol. The van der Waals surface area contributed by atoms with E-state index in [0.29, 0.717) is 5.69 Å². The minimum Gasteiger partial charge on any atom is -0.478 e. The van der Waals surface area contributed by atoms with Crippen molar-refractivity contribution in [1.29, 1.82) is 0 Å². The molecule has 0 atom stereocenters. The SMILES string of the molecule is CCOC(=O)c1ccc(Nc2ccccc2)cc1C(=O)O. The number of aromatic carboxylic acids is 1. The van der Waals surface area contributed by atoms with Crippen molar-refractivity contribution in [3.05, 3.63) is 59.7 Å². The maximum Gasteiger partial charge on any atom is 0.338 e. The van der Waals surface area contributed by atoms with Crippen molar-refractivity contribution in [2.75, 3.05) is 11.9 Å². The molecule has 0 bridgehead atoms.